The normalized spacial score (nSPS) is 23.8. The van der Waals surface area contributed by atoms with Crippen molar-refractivity contribution in [3.63, 3.8) is 0 Å². The molecule has 4 rings (SSSR count). The van der Waals surface area contributed by atoms with Gasteiger partial charge in [-0.2, -0.15) is 0 Å². The second kappa shape index (κ2) is 7.38. The van der Waals surface area contributed by atoms with Crippen LogP contribution in [0.2, 0.25) is 0 Å². The zero-order chi connectivity index (χ0) is 17.1. The molecule has 1 amide bonds. The first-order chi connectivity index (χ1) is 12.3. The summed E-state index contributed by atoms with van der Waals surface area (Å²) in [5, 5.41) is 11.0. The number of aromatic nitrogens is 3. The number of benzene rings is 1. The topological polar surface area (TPSA) is 59.8 Å². The Morgan fingerprint density at radius 3 is 2.56 bits per heavy atom. The summed E-state index contributed by atoms with van der Waals surface area (Å²) >= 11 is 0. The molecule has 1 heterocycles. The summed E-state index contributed by atoms with van der Waals surface area (Å²) in [6.07, 6.45) is 12.4. The van der Waals surface area contributed by atoms with E-state index in [0.29, 0.717) is 17.9 Å². The Hall–Kier alpha value is -2.17. The third-order valence-electron chi connectivity index (χ3n) is 5.83. The van der Waals surface area contributed by atoms with Crippen molar-refractivity contribution in [3.8, 4) is 0 Å². The Morgan fingerprint density at radius 2 is 1.88 bits per heavy atom. The molecule has 5 heteroatoms. The van der Waals surface area contributed by atoms with Gasteiger partial charge in [0.2, 0.25) is 0 Å². The van der Waals surface area contributed by atoms with Gasteiger partial charge < -0.3 is 5.32 Å². The molecule has 2 saturated carbocycles. The molecule has 0 atom stereocenters. The SMILES string of the molecule is O=C(NCC1CC(n2ccnn2)C1)c1ccc(C2CCCCC2)cc1. The Labute approximate surface area is 148 Å². The maximum atomic E-state index is 12.3. The van der Waals surface area contributed by atoms with Crippen LogP contribution in [-0.4, -0.2) is 27.4 Å². The minimum absolute atomic E-state index is 0.0411. The lowest BCUT2D eigenvalue weighted by Crippen LogP contribution is -2.37. The highest BCUT2D eigenvalue weighted by Gasteiger charge is 2.31. The number of amides is 1. The van der Waals surface area contributed by atoms with Crippen molar-refractivity contribution in [2.24, 2.45) is 5.92 Å². The van der Waals surface area contributed by atoms with Gasteiger partial charge in [-0.3, -0.25) is 4.79 Å². The van der Waals surface area contributed by atoms with E-state index in [0.717, 1.165) is 24.9 Å². The molecule has 25 heavy (non-hydrogen) atoms. The van der Waals surface area contributed by atoms with Crippen molar-refractivity contribution >= 4 is 5.91 Å². The van der Waals surface area contributed by atoms with Gasteiger partial charge in [-0.15, -0.1) is 5.10 Å². The van der Waals surface area contributed by atoms with Crippen LogP contribution in [0.4, 0.5) is 0 Å². The molecule has 0 saturated heterocycles. The van der Waals surface area contributed by atoms with Gasteiger partial charge in [-0.25, -0.2) is 4.68 Å². The van der Waals surface area contributed by atoms with E-state index < -0.39 is 0 Å². The van der Waals surface area contributed by atoms with E-state index in [1.165, 1.54) is 37.7 Å². The van der Waals surface area contributed by atoms with E-state index in [9.17, 15) is 4.79 Å². The first-order valence-electron chi connectivity index (χ1n) is 9.53. The standard InChI is InChI=1S/C20H26N4O/c25-20(21-14-15-12-19(13-15)24-11-10-22-23-24)18-8-6-17(7-9-18)16-4-2-1-3-5-16/h6-11,15-16,19H,1-5,12-14H2,(H,21,25). The molecular weight excluding hydrogens is 312 g/mol. The summed E-state index contributed by atoms with van der Waals surface area (Å²) in [7, 11) is 0. The average Bonchev–Trinajstić information content (AvgIpc) is 3.15. The Bertz CT molecular complexity index is 683. The van der Waals surface area contributed by atoms with E-state index in [4.69, 9.17) is 0 Å². The van der Waals surface area contributed by atoms with Gasteiger partial charge in [0.15, 0.2) is 0 Å². The van der Waals surface area contributed by atoms with Crippen LogP contribution >= 0.6 is 0 Å². The summed E-state index contributed by atoms with van der Waals surface area (Å²) < 4.78 is 1.92. The number of nitrogens with zero attached hydrogens (tertiary/aromatic N) is 3. The van der Waals surface area contributed by atoms with Crippen molar-refractivity contribution < 1.29 is 4.79 Å². The predicted octanol–water partition coefficient (Wildman–Crippen LogP) is 3.71. The summed E-state index contributed by atoms with van der Waals surface area (Å²) in [6, 6.07) is 8.71. The van der Waals surface area contributed by atoms with Crippen molar-refractivity contribution in [2.75, 3.05) is 6.54 Å². The third kappa shape index (κ3) is 3.75. The van der Waals surface area contributed by atoms with E-state index in [1.807, 2.05) is 23.0 Å². The molecule has 2 aromatic rings. The maximum Gasteiger partial charge on any atom is 0.251 e. The number of carbonyl (C=O) groups excluding carboxylic acids is 1. The van der Waals surface area contributed by atoms with Crippen LogP contribution < -0.4 is 5.32 Å². The Balaban J connectivity index is 1.24. The zero-order valence-electron chi connectivity index (χ0n) is 14.6. The summed E-state index contributed by atoms with van der Waals surface area (Å²) in [6.45, 7) is 0.744. The van der Waals surface area contributed by atoms with Crippen LogP contribution in [0.25, 0.3) is 0 Å². The van der Waals surface area contributed by atoms with Gasteiger partial charge in [0, 0.05) is 18.3 Å². The molecule has 0 bridgehead atoms. The minimum Gasteiger partial charge on any atom is -0.352 e. The molecule has 2 fully saturated rings. The molecule has 2 aliphatic carbocycles. The Morgan fingerprint density at radius 1 is 1.12 bits per heavy atom. The second-order valence-corrected chi connectivity index (χ2v) is 7.54. The second-order valence-electron chi connectivity index (χ2n) is 7.54. The van der Waals surface area contributed by atoms with Crippen molar-refractivity contribution in [3.05, 3.63) is 47.8 Å². The number of hydrogen-bond acceptors (Lipinski definition) is 3. The van der Waals surface area contributed by atoms with Gasteiger partial charge in [-0.05, 0) is 55.2 Å². The molecule has 132 valence electrons. The lowest BCUT2D eigenvalue weighted by atomic mass is 9.80. The van der Waals surface area contributed by atoms with Crippen molar-refractivity contribution in [2.45, 2.75) is 56.9 Å². The molecule has 0 aliphatic heterocycles. The monoisotopic (exact) mass is 338 g/mol. The Kier molecular flexibility index (Phi) is 4.81. The van der Waals surface area contributed by atoms with E-state index >= 15 is 0 Å². The fourth-order valence-electron chi connectivity index (χ4n) is 4.18. The number of carbonyl (C=O) groups is 1. The quantitative estimate of drug-likeness (QED) is 0.904. The predicted molar refractivity (Wildman–Crippen MR) is 96.4 cm³/mol. The first-order valence-corrected chi connectivity index (χ1v) is 9.53. The molecule has 5 nitrogen and oxygen atoms in total. The van der Waals surface area contributed by atoms with Gasteiger partial charge in [0.1, 0.15) is 0 Å². The van der Waals surface area contributed by atoms with Gasteiger partial charge >= 0.3 is 0 Å². The smallest absolute Gasteiger partial charge is 0.251 e. The summed E-state index contributed by atoms with van der Waals surface area (Å²) in [4.78, 5) is 12.3. The zero-order valence-corrected chi connectivity index (χ0v) is 14.6. The molecule has 1 aromatic heterocycles. The largest absolute Gasteiger partial charge is 0.352 e. The number of nitrogens with one attached hydrogen (secondary N) is 1. The van der Waals surface area contributed by atoms with Crippen LogP contribution in [-0.2, 0) is 0 Å². The first kappa shape index (κ1) is 16.3. The highest BCUT2D eigenvalue weighted by atomic mass is 16.1. The highest BCUT2D eigenvalue weighted by Crippen LogP contribution is 2.36. The molecule has 0 radical (unpaired) electrons. The third-order valence-corrected chi connectivity index (χ3v) is 5.83. The van der Waals surface area contributed by atoms with Crippen LogP contribution in [0.5, 0.6) is 0 Å². The van der Waals surface area contributed by atoms with E-state index in [2.05, 4.69) is 27.8 Å². The minimum atomic E-state index is 0.0411. The van der Waals surface area contributed by atoms with Crippen LogP contribution in [0.3, 0.4) is 0 Å². The fourth-order valence-corrected chi connectivity index (χ4v) is 4.18. The van der Waals surface area contributed by atoms with E-state index in [1.54, 1.807) is 6.20 Å². The highest BCUT2D eigenvalue weighted by molar-refractivity contribution is 5.94. The maximum absolute atomic E-state index is 12.3. The molecule has 1 aromatic carbocycles. The molecular formula is C20H26N4O. The summed E-state index contributed by atoms with van der Waals surface area (Å²) in [5.41, 5.74) is 2.16. The number of hydrogen-bond donors (Lipinski definition) is 1. The van der Waals surface area contributed by atoms with Gasteiger partial charge in [0.25, 0.3) is 5.91 Å². The molecule has 1 N–H and O–H groups in total. The van der Waals surface area contributed by atoms with E-state index in [-0.39, 0.29) is 5.91 Å². The fraction of sp³-hybridized carbons (Fsp3) is 0.550. The lowest BCUT2D eigenvalue weighted by Gasteiger charge is -2.35. The molecule has 0 unspecified atom stereocenters. The van der Waals surface area contributed by atoms with Gasteiger partial charge in [0.05, 0.1) is 12.2 Å². The van der Waals surface area contributed by atoms with Crippen LogP contribution in [0.15, 0.2) is 36.7 Å². The van der Waals surface area contributed by atoms with Crippen molar-refractivity contribution in [1.82, 2.24) is 20.3 Å². The molecule has 0 spiro atoms. The van der Waals surface area contributed by atoms with Crippen molar-refractivity contribution in [1.29, 1.82) is 0 Å². The summed E-state index contributed by atoms with van der Waals surface area (Å²) in [5.74, 6) is 1.27. The molecule has 2 aliphatic rings. The number of rotatable bonds is 5. The lowest BCUT2D eigenvalue weighted by molar-refractivity contribution is 0.0923. The van der Waals surface area contributed by atoms with Crippen LogP contribution in [0, 0.1) is 5.92 Å². The average molecular weight is 338 g/mol. The van der Waals surface area contributed by atoms with Crippen LogP contribution in [0.1, 0.15) is 72.8 Å². The van der Waals surface area contributed by atoms with Gasteiger partial charge in [-0.1, -0.05) is 36.6 Å².